The van der Waals surface area contributed by atoms with E-state index in [2.05, 4.69) is 32.3 Å². The Morgan fingerprint density at radius 2 is 2.10 bits per heavy atom. The van der Waals surface area contributed by atoms with Crippen molar-refractivity contribution in [3.8, 4) is 0 Å². The van der Waals surface area contributed by atoms with Gasteiger partial charge in [0.2, 0.25) is 0 Å². The van der Waals surface area contributed by atoms with Crippen LogP contribution in [0.15, 0.2) is 17.1 Å². The van der Waals surface area contributed by atoms with Crippen LogP contribution in [-0.2, 0) is 0 Å². The predicted molar refractivity (Wildman–Crippen MR) is 98.4 cm³/mol. The van der Waals surface area contributed by atoms with Gasteiger partial charge in [0.25, 0.3) is 0 Å². The Balaban J connectivity index is 0.00000220. The maximum absolute atomic E-state index is 10.1. The smallest absolute Gasteiger partial charge is 0.193 e. The number of guanidine groups is 1. The second-order valence-electron chi connectivity index (χ2n) is 6.07. The molecule has 5 nitrogen and oxygen atoms in total. The third kappa shape index (κ3) is 5.10. The maximum atomic E-state index is 10.1. The summed E-state index contributed by atoms with van der Waals surface area (Å²) in [4.78, 5) is 9.16. The van der Waals surface area contributed by atoms with E-state index < -0.39 is 5.60 Å². The normalized spacial score (nSPS) is 25.8. The van der Waals surface area contributed by atoms with Crippen molar-refractivity contribution in [3.63, 3.8) is 0 Å². The Bertz CT molecular complexity index is 376. The molecule has 0 saturated carbocycles. The van der Waals surface area contributed by atoms with E-state index in [1.165, 1.54) is 6.42 Å². The SMILES string of the molecule is CCC(C)(O)CNC(=NC)N1CCC(N2CC=CC2)C1.I. The Morgan fingerprint density at radius 3 is 2.67 bits per heavy atom. The Labute approximate surface area is 145 Å². The standard InChI is InChI=1S/C15H28N4O.HI/c1-4-15(2,20)12-17-14(16-3)19-10-7-13(11-19)18-8-5-6-9-18;/h5-6,13,20H,4,7-12H2,1-3H3,(H,16,17);1H. The molecule has 21 heavy (non-hydrogen) atoms. The van der Waals surface area contributed by atoms with Crippen molar-refractivity contribution in [1.29, 1.82) is 0 Å². The highest BCUT2D eigenvalue weighted by atomic mass is 127. The lowest BCUT2D eigenvalue weighted by Crippen LogP contribution is -2.47. The Morgan fingerprint density at radius 1 is 1.43 bits per heavy atom. The number of hydrogen-bond donors (Lipinski definition) is 2. The number of likely N-dealkylation sites (tertiary alicyclic amines) is 1. The van der Waals surface area contributed by atoms with E-state index in [4.69, 9.17) is 0 Å². The molecule has 2 rings (SSSR count). The maximum Gasteiger partial charge on any atom is 0.193 e. The molecule has 2 unspecified atom stereocenters. The Kier molecular flexibility index (Phi) is 7.42. The third-order valence-corrected chi connectivity index (χ3v) is 4.43. The fraction of sp³-hybridized carbons (Fsp3) is 0.800. The molecule has 6 heteroatoms. The molecule has 0 bridgehead atoms. The van der Waals surface area contributed by atoms with Gasteiger partial charge in [0.1, 0.15) is 0 Å². The molecule has 122 valence electrons. The zero-order chi connectivity index (χ0) is 14.6. The van der Waals surface area contributed by atoms with E-state index >= 15 is 0 Å². The molecule has 0 radical (unpaired) electrons. The highest BCUT2D eigenvalue weighted by Crippen LogP contribution is 2.18. The predicted octanol–water partition coefficient (Wildman–Crippen LogP) is 1.29. The lowest BCUT2D eigenvalue weighted by atomic mass is 10.0. The summed E-state index contributed by atoms with van der Waals surface area (Å²) in [6.07, 6.45) is 6.41. The van der Waals surface area contributed by atoms with Crippen molar-refractivity contribution in [1.82, 2.24) is 15.1 Å². The van der Waals surface area contributed by atoms with Crippen LogP contribution >= 0.6 is 24.0 Å². The van der Waals surface area contributed by atoms with Crippen LogP contribution in [0.3, 0.4) is 0 Å². The summed E-state index contributed by atoms with van der Waals surface area (Å²) < 4.78 is 0. The molecule has 1 fully saturated rings. The van der Waals surface area contributed by atoms with Gasteiger partial charge < -0.3 is 15.3 Å². The average Bonchev–Trinajstić information content (AvgIpc) is 3.10. The minimum atomic E-state index is -0.673. The first-order valence-electron chi connectivity index (χ1n) is 7.63. The molecule has 0 aromatic rings. The number of aliphatic hydroxyl groups is 1. The van der Waals surface area contributed by atoms with E-state index in [-0.39, 0.29) is 24.0 Å². The molecule has 2 heterocycles. The van der Waals surface area contributed by atoms with Crippen LogP contribution in [0.25, 0.3) is 0 Å². The molecule has 2 aliphatic rings. The van der Waals surface area contributed by atoms with E-state index in [1.807, 2.05) is 20.9 Å². The summed E-state index contributed by atoms with van der Waals surface area (Å²) in [6.45, 7) is 8.62. The summed E-state index contributed by atoms with van der Waals surface area (Å²) in [5, 5.41) is 13.4. The monoisotopic (exact) mass is 408 g/mol. The minimum absolute atomic E-state index is 0. The zero-order valence-electron chi connectivity index (χ0n) is 13.4. The topological polar surface area (TPSA) is 51.1 Å². The van der Waals surface area contributed by atoms with E-state index in [0.29, 0.717) is 12.6 Å². The molecule has 0 aromatic heterocycles. The fourth-order valence-electron chi connectivity index (χ4n) is 2.75. The van der Waals surface area contributed by atoms with Crippen LogP contribution in [-0.4, -0.2) is 72.3 Å². The van der Waals surface area contributed by atoms with Crippen LogP contribution in [0.5, 0.6) is 0 Å². The van der Waals surface area contributed by atoms with Gasteiger partial charge in [0.15, 0.2) is 5.96 Å². The summed E-state index contributed by atoms with van der Waals surface area (Å²) in [5.74, 6) is 0.911. The lowest BCUT2D eigenvalue weighted by molar-refractivity contribution is 0.0598. The molecule has 0 aliphatic carbocycles. The van der Waals surface area contributed by atoms with E-state index in [1.54, 1.807) is 0 Å². The number of nitrogens with zero attached hydrogens (tertiary/aromatic N) is 3. The highest BCUT2D eigenvalue weighted by Gasteiger charge is 2.30. The quantitative estimate of drug-likeness (QED) is 0.319. The molecule has 0 aromatic carbocycles. The van der Waals surface area contributed by atoms with Gasteiger partial charge in [-0.1, -0.05) is 19.1 Å². The lowest BCUT2D eigenvalue weighted by Gasteiger charge is -2.28. The molecule has 0 spiro atoms. The van der Waals surface area contributed by atoms with Crippen LogP contribution < -0.4 is 5.32 Å². The van der Waals surface area contributed by atoms with E-state index in [9.17, 15) is 5.11 Å². The Hall–Kier alpha value is -0.340. The van der Waals surface area contributed by atoms with Gasteiger partial charge in [-0.3, -0.25) is 9.89 Å². The molecule has 2 N–H and O–H groups in total. The first-order valence-corrected chi connectivity index (χ1v) is 7.63. The van der Waals surface area contributed by atoms with Gasteiger partial charge >= 0.3 is 0 Å². The van der Waals surface area contributed by atoms with Gasteiger partial charge in [0.05, 0.1) is 5.60 Å². The van der Waals surface area contributed by atoms with Gasteiger partial charge in [-0.15, -0.1) is 24.0 Å². The number of nitrogens with one attached hydrogen (secondary N) is 1. The molecule has 2 atom stereocenters. The molecular formula is C15H29IN4O. The second kappa shape index (κ2) is 8.33. The van der Waals surface area contributed by atoms with Crippen molar-refractivity contribution < 1.29 is 5.11 Å². The van der Waals surface area contributed by atoms with Crippen LogP contribution in [0.4, 0.5) is 0 Å². The minimum Gasteiger partial charge on any atom is -0.388 e. The molecular weight excluding hydrogens is 379 g/mol. The van der Waals surface area contributed by atoms with Crippen LogP contribution in [0.1, 0.15) is 26.7 Å². The van der Waals surface area contributed by atoms with E-state index in [0.717, 1.165) is 38.6 Å². The number of hydrogen-bond acceptors (Lipinski definition) is 3. The summed E-state index contributed by atoms with van der Waals surface area (Å²) >= 11 is 0. The van der Waals surface area contributed by atoms with Crippen LogP contribution in [0, 0.1) is 0 Å². The second-order valence-corrected chi connectivity index (χ2v) is 6.07. The van der Waals surface area contributed by atoms with Crippen molar-refractivity contribution in [3.05, 3.63) is 12.2 Å². The van der Waals surface area contributed by atoms with Gasteiger partial charge in [0, 0.05) is 45.8 Å². The van der Waals surface area contributed by atoms with Crippen LogP contribution in [0.2, 0.25) is 0 Å². The van der Waals surface area contributed by atoms with Gasteiger partial charge in [-0.25, -0.2) is 0 Å². The van der Waals surface area contributed by atoms with Crippen molar-refractivity contribution in [2.24, 2.45) is 4.99 Å². The molecule has 0 amide bonds. The van der Waals surface area contributed by atoms with Gasteiger partial charge in [-0.05, 0) is 19.8 Å². The first-order chi connectivity index (χ1) is 9.55. The number of aliphatic imine (C=N–C) groups is 1. The van der Waals surface area contributed by atoms with Gasteiger partial charge in [-0.2, -0.15) is 0 Å². The average molecular weight is 408 g/mol. The van der Waals surface area contributed by atoms with Crippen molar-refractivity contribution in [2.45, 2.75) is 38.3 Å². The third-order valence-electron chi connectivity index (χ3n) is 4.43. The fourth-order valence-corrected chi connectivity index (χ4v) is 2.75. The summed E-state index contributed by atoms with van der Waals surface area (Å²) in [5.41, 5.74) is -0.673. The van der Waals surface area contributed by atoms with Crippen molar-refractivity contribution >= 4 is 29.9 Å². The number of halogens is 1. The number of rotatable bonds is 4. The highest BCUT2D eigenvalue weighted by molar-refractivity contribution is 14.0. The first kappa shape index (κ1) is 18.7. The summed E-state index contributed by atoms with van der Waals surface area (Å²) in [6, 6.07) is 0.621. The summed E-state index contributed by atoms with van der Waals surface area (Å²) in [7, 11) is 1.81. The van der Waals surface area contributed by atoms with Crippen molar-refractivity contribution in [2.75, 3.05) is 39.8 Å². The largest absolute Gasteiger partial charge is 0.388 e. The zero-order valence-corrected chi connectivity index (χ0v) is 15.7. The molecule has 2 aliphatic heterocycles. The molecule has 1 saturated heterocycles.